The van der Waals surface area contributed by atoms with E-state index in [-0.39, 0.29) is 22.9 Å². The van der Waals surface area contributed by atoms with Gasteiger partial charge in [0.25, 0.3) is 0 Å². The summed E-state index contributed by atoms with van der Waals surface area (Å²) in [7, 11) is 0. The van der Waals surface area contributed by atoms with Crippen LogP contribution in [-0.2, 0) is 10.2 Å². The van der Waals surface area contributed by atoms with Gasteiger partial charge in [0.2, 0.25) is 0 Å². The highest BCUT2D eigenvalue weighted by Crippen LogP contribution is 2.35. The molecule has 29 heavy (non-hydrogen) atoms. The summed E-state index contributed by atoms with van der Waals surface area (Å²) in [6.45, 7) is 1.51. The van der Waals surface area contributed by atoms with Gasteiger partial charge in [-0.15, -0.1) is 13.2 Å². The fraction of sp³-hybridized carbons (Fsp3) is 0.350. The molecule has 9 heteroatoms. The predicted octanol–water partition coefficient (Wildman–Crippen LogP) is 4.20. The van der Waals surface area contributed by atoms with Gasteiger partial charge in [-0.3, -0.25) is 4.99 Å². The van der Waals surface area contributed by atoms with Crippen molar-refractivity contribution in [3.05, 3.63) is 59.9 Å². The van der Waals surface area contributed by atoms with Crippen LogP contribution in [0.15, 0.2) is 53.5 Å². The topological polar surface area (TPSA) is 68.9 Å². The summed E-state index contributed by atoms with van der Waals surface area (Å²) in [6.07, 6.45) is -3.30. The molecule has 0 aromatic heterocycles. The standard InChI is InChI=1S/C20H21F4N3O2/c21-15-3-1-14(2-4-15)19(9-11-28-12-10-19)13-26-18(25)27-16-5-7-17(8-6-16)29-20(22,23)24/h1-8H,9-13H2,(H3,25,26,27). The number of ether oxygens (including phenoxy) is 2. The Morgan fingerprint density at radius 1 is 1.07 bits per heavy atom. The van der Waals surface area contributed by atoms with Crippen molar-refractivity contribution in [1.82, 2.24) is 0 Å². The molecule has 0 bridgehead atoms. The molecule has 1 heterocycles. The molecule has 1 aliphatic rings. The maximum absolute atomic E-state index is 13.3. The third kappa shape index (κ3) is 5.83. The number of nitrogens with one attached hydrogen (secondary N) is 1. The van der Waals surface area contributed by atoms with Crippen molar-refractivity contribution in [3.63, 3.8) is 0 Å². The zero-order chi connectivity index (χ0) is 20.9. The average molecular weight is 411 g/mol. The third-order valence-corrected chi connectivity index (χ3v) is 4.82. The molecule has 0 radical (unpaired) electrons. The zero-order valence-electron chi connectivity index (χ0n) is 15.5. The normalized spacial score (nSPS) is 17.0. The van der Waals surface area contributed by atoms with Gasteiger partial charge in [-0.25, -0.2) is 4.39 Å². The lowest BCUT2D eigenvalue weighted by Crippen LogP contribution is -2.38. The van der Waals surface area contributed by atoms with Crippen molar-refractivity contribution >= 4 is 11.6 Å². The predicted molar refractivity (Wildman–Crippen MR) is 101 cm³/mol. The van der Waals surface area contributed by atoms with Gasteiger partial charge in [-0.05, 0) is 54.8 Å². The maximum Gasteiger partial charge on any atom is 0.573 e. The number of benzene rings is 2. The molecule has 3 rings (SSSR count). The lowest BCUT2D eigenvalue weighted by molar-refractivity contribution is -0.274. The largest absolute Gasteiger partial charge is 0.573 e. The maximum atomic E-state index is 13.3. The fourth-order valence-electron chi connectivity index (χ4n) is 3.27. The molecule has 0 aliphatic carbocycles. The third-order valence-electron chi connectivity index (χ3n) is 4.82. The minimum atomic E-state index is -4.74. The molecular formula is C20H21F4N3O2. The molecule has 156 valence electrons. The Morgan fingerprint density at radius 3 is 2.28 bits per heavy atom. The summed E-state index contributed by atoms with van der Waals surface area (Å²) in [5, 5.41) is 2.85. The quantitative estimate of drug-likeness (QED) is 0.440. The summed E-state index contributed by atoms with van der Waals surface area (Å²) in [4.78, 5) is 4.42. The van der Waals surface area contributed by atoms with Gasteiger partial charge >= 0.3 is 6.36 Å². The number of hydrogen-bond donors (Lipinski definition) is 2. The Balaban J connectivity index is 1.68. The van der Waals surface area contributed by atoms with Crippen LogP contribution in [-0.4, -0.2) is 32.1 Å². The highest BCUT2D eigenvalue weighted by molar-refractivity contribution is 5.92. The molecule has 1 saturated heterocycles. The van der Waals surface area contributed by atoms with E-state index in [9.17, 15) is 17.6 Å². The molecule has 0 atom stereocenters. The molecule has 2 aromatic rings. The van der Waals surface area contributed by atoms with Crippen LogP contribution in [0.5, 0.6) is 5.75 Å². The summed E-state index contributed by atoms with van der Waals surface area (Å²) < 4.78 is 59.3. The number of nitrogens with two attached hydrogens (primary N) is 1. The van der Waals surface area contributed by atoms with Crippen LogP contribution in [0.3, 0.4) is 0 Å². The van der Waals surface area contributed by atoms with E-state index in [2.05, 4.69) is 15.0 Å². The summed E-state index contributed by atoms with van der Waals surface area (Å²) in [5.41, 5.74) is 7.08. The second-order valence-electron chi connectivity index (χ2n) is 6.80. The van der Waals surface area contributed by atoms with Gasteiger partial charge in [0, 0.05) is 24.3 Å². The summed E-state index contributed by atoms with van der Waals surface area (Å²) >= 11 is 0. The molecule has 3 N–H and O–H groups in total. The second-order valence-corrected chi connectivity index (χ2v) is 6.80. The molecule has 2 aromatic carbocycles. The number of anilines is 1. The Morgan fingerprint density at radius 2 is 1.69 bits per heavy atom. The van der Waals surface area contributed by atoms with Crippen LogP contribution in [0.1, 0.15) is 18.4 Å². The second kappa shape index (κ2) is 8.69. The van der Waals surface area contributed by atoms with Crippen LogP contribution in [0.4, 0.5) is 23.2 Å². The number of halogens is 4. The first-order chi connectivity index (χ1) is 13.8. The lowest BCUT2D eigenvalue weighted by Gasteiger charge is -2.36. The first-order valence-corrected chi connectivity index (χ1v) is 9.02. The van der Waals surface area contributed by atoms with E-state index in [0.717, 1.165) is 18.4 Å². The molecule has 1 aliphatic heterocycles. The first-order valence-electron chi connectivity index (χ1n) is 9.02. The van der Waals surface area contributed by atoms with Gasteiger partial charge in [-0.1, -0.05) is 12.1 Å². The van der Waals surface area contributed by atoms with E-state index in [1.165, 1.54) is 36.4 Å². The highest BCUT2D eigenvalue weighted by atomic mass is 19.4. The van der Waals surface area contributed by atoms with Crippen molar-refractivity contribution in [2.45, 2.75) is 24.6 Å². The average Bonchev–Trinajstić information content (AvgIpc) is 2.68. The molecule has 0 amide bonds. The number of nitrogens with zero attached hydrogens (tertiary/aromatic N) is 1. The number of alkyl halides is 3. The van der Waals surface area contributed by atoms with Crippen molar-refractivity contribution < 1.29 is 27.0 Å². The highest BCUT2D eigenvalue weighted by Gasteiger charge is 2.34. The molecule has 0 unspecified atom stereocenters. The number of guanidine groups is 1. The van der Waals surface area contributed by atoms with E-state index >= 15 is 0 Å². The Labute approximate surface area is 165 Å². The van der Waals surface area contributed by atoms with Crippen molar-refractivity contribution in [3.8, 4) is 5.75 Å². The van der Waals surface area contributed by atoms with Gasteiger partial charge in [0.15, 0.2) is 5.96 Å². The smallest absolute Gasteiger partial charge is 0.406 e. The Hall–Kier alpha value is -2.81. The van der Waals surface area contributed by atoms with E-state index in [1.807, 2.05) is 0 Å². The fourth-order valence-corrected chi connectivity index (χ4v) is 3.27. The lowest BCUT2D eigenvalue weighted by atomic mass is 9.74. The monoisotopic (exact) mass is 411 g/mol. The Bertz CT molecular complexity index is 830. The van der Waals surface area contributed by atoms with E-state index in [1.54, 1.807) is 12.1 Å². The van der Waals surface area contributed by atoms with Crippen LogP contribution in [0, 0.1) is 5.82 Å². The van der Waals surface area contributed by atoms with Crippen LogP contribution >= 0.6 is 0 Å². The summed E-state index contributed by atoms with van der Waals surface area (Å²) in [5.74, 6) is -0.503. The SMILES string of the molecule is NC(=NCC1(c2ccc(F)cc2)CCOCC1)Nc1ccc(OC(F)(F)F)cc1. The van der Waals surface area contributed by atoms with Gasteiger partial charge in [0.1, 0.15) is 11.6 Å². The van der Waals surface area contributed by atoms with Crippen LogP contribution in [0.25, 0.3) is 0 Å². The minimum absolute atomic E-state index is 0.127. The molecule has 5 nitrogen and oxygen atoms in total. The number of hydrogen-bond acceptors (Lipinski definition) is 3. The molecule has 0 saturated carbocycles. The van der Waals surface area contributed by atoms with E-state index in [0.29, 0.717) is 25.4 Å². The van der Waals surface area contributed by atoms with Gasteiger partial charge in [-0.2, -0.15) is 0 Å². The van der Waals surface area contributed by atoms with Gasteiger partial charge in [0.05, 0.1) is 6.54 Å². The van der Waals surface area contributed by atoms with E-state index < -0.39 is 6.36 Å². The van der Waals surface area contributed by atoms with Gasteiger partial charge < -0.3 is 20.5 Å². The summed E-state index contributed by atoms with van der Waals surface area (Å²) in [6, 6.07) is 11.5. The number of aliphatic imine (C=N–C) groups is 1. The van der Waals surface area contributed by atoms with Crippen LogP contribution in [0.2, 0.25) is 0 Å². The Kier molecular flexibility index (Phi) is 6.26. The van der Waals surface area contributed by atoms with Crippen LogP contribution < -0.4 is 15.8 Å². The molecule has 1 fully saturated rings. The zero-order valence-corrected chi connectivity index (χ0v) is 15.5. The minimum Gasteiger partial charge on any atom is -0.406 e. The number of rotatable bonds is 5. The van der Waals surface area contributed by atoms with E-state index in [4.69, 9.17) is 10.5 Å². The molecular weight excluding hydrogens is 390 g/mol. The van der Waals surface area contributed by atoms with Crippen molar-refractivity contribution in [2.24, 2.45) is 10.7 Å². The van der Waals surface area contributed by atoms with Crippen molar-refractivity contribution in [2.75, 3.05) is 25.1 Å². The first kappa shape index (κ1) is 20.9. The van der Waals surface area contributed by atoms with Crippen molar-refractivity contribution in [1.29, 1.82) is 0 Å². The molecule has 0 spiro atoms.